The van der Waals surface area contributed by atoms with E-state index >= 15 is 0 Å². The predicted octanol–water partition coefficient (Wildman–Crippen LogP) is 2.94. The molecule has 0 atom stereocenters. The number of pyridine rings is 1. The highest BCUT2D eigenvalue weighted by molar-refractivity contribution is 9.10. The number of para-hydroxylation sites is 1. The molecule has 0 bridgehead atoms. The molecule has 6 heteroatoms. The summed E-state index contributed by atoms with van der Waals surface area (Å²) in [5.41, 5.74) is 7.06. The zero-order valence-electron chi connectivity index (χ0n) is 10.7. The lowest BCUT2D eigenvalue weighted by Gasteiger charge is -2.02. The van der Waals surface area contributed by atoms with Crippen molar-refractivity contribution >= 4 is 26.8 Å². The summed E-state index contributed by atoms with van der Waals surface area (Å²) in [5, 5.41) is 5.05. The summed E-state index contributed by atoms with van der Waals surface area (Å²) in [5.74, 6) is 1.09. The number of rotatable bonds is 4. The van der Waals surface area contributed by atoms with Crippen LogP contribution in [0.2, 0.25) is 0 Å². The Kier molecular flexibility index (Phi) is 3.75. The van der Waals surface area contributed by atoms with E-state index in [1.165, 1.54) is 0 Å². The van der Waals surface area contributed by atoms with Gasteiger partial charge in [0, 0.05) is 16.3 Å². The van der Waals surface area contributed by atoms with Gasteiger partial charge in [0.25, 0.3) is 0 Å². The van der Waals surface area contributed by atoms with E-state index in [-0.39, 0.29) is 0 Å². The fourth-order valence-electron chi connectivity index (χ4n) is 1.95. The number of benzene rings is 1. The first-order valence-corrected chi connectivity index (χ1v) is 7.15. The van der Waals surface area contributed by atoms with Crippen molar-refractivity contribution in [3.8, 4) is 11.5 Å². The van der Waals surface area contributed by atoms with Crippen molar-refractivity contribution in [1.82, 2.24) is 15.1 Å². The van der Waals surface area contributed by atoms with Gasteiger partial charge in [-0.2, -0.15) is 4.98 Å². The van der Waals surface area contributed by atoms with Gasteiger partial charge in [-0.15, -0.1) is 0 Å². The summed E-state index contributed by atoms with van der Waals surface area (Å²) in [6.07, 6.45) is 1.52. The van der Waals surface area contributed by atoms with Crippen molar-refractivity contribution in [1.29, 1.82) is 0 Å². The minimum absolute atomic E-state index is 0.495. The molecule has 0 aliphatic heterocycles. The molecule has 2 aromatic heterocycles. The van der Waals surface area contributed by atoms with Gasteiger partial charge in [0.1, 0.15) is 5.69 Å². The third-order valence-corrected chi connectivity index (χ3v) is 3.56. The third-order valence-electron chi connectivity index (χ3n) is 2.95. The Balaban J connectivity index is 2.00. The van der Waals surface area contributed by atoms with Crippen LogP contribution in [0.3, 0.4) is 0 Å². The van der Waals surface area contributed by atoms with Crippen molar-refractivity contribution in [2.75, 3.05) is 6.54 Å². The Hall–Kier alpha value is -1.79. The molecule has 102 valence electrons. The highest BCUT2D eigenvalue weighted by atomic mass is 79.9. The smallest absolute Gasteiger partial charge is 0.227 e. The maximum absolute atomic E-state index is 5.47. The van der Waals surface area contributed by atoms with E-state index in [0.29, 0.717) is 30.4 Å². The first-order valence-electron chi connectivity index (χ1n) is 6.36. The van der Waals surface area contributed by atoms with Gasteiger partial charge in [0.05, 0.1) is 5.52 Å². The lowest BCUT2D eigenvalue weighted by molar-refractivity contribution is 0.376. The van der Waals surface area contributed by atoms with Crippen LogP contribution in [-0.4, -0.2) is 21.7 Å². The average Bonchev–Trinajstić information content (AvgIpc) is 2.93. The highest BCUT2D eigenvalue weighted by Crippen LogP contribution is 2.27. The minimum Gasteiger partial charge on any atom is -0.339 e. The Morgan fingerprint density at radius 2 is 2.05 bits per heavy atom. The SMILES string of the molecule is NCCCc1nc(-c2nc3ccccc3cc2Br)no1. The van der Waals surface area contributed by atoms with E-state index in [2.05, 4.69) is 31.1 Å². The Bertz CT molecular complexity index is 741. The molecule has 0 aliphatic carbocycles. The topological polar surface area (TPSA) is 77.8 Å². The second-order valence-corrected chi connectivity index (χ2v) is 5.27. The monoisotopic (exact) mass is 332 g/mol. The summed E-state index contributed by atoms with van der Waals surface area (Å²) >= 11 is 3.51. The second kappa shape index (κ2) is 5.68. The molecule has 0 radical (unpaired) electrons. The molecule has 5 nitrogen and oxygen atoms in total. The molecule has 0 saturated carbocycles. The maximum atomic E-state index is 5.47. The lowest BCUT2D eigenvalue weighted by Crippen LogP contribution is -2.00. The summed E-state index contributed by atoms with van der Waals surface area (Å²) in [7, 11) is 0. The molecule has 0 amide bonds. The largest absolute Gasteiger partial charge is 0.339 e. The number of aryl methyl sites for hydroxylation is 1. The van der Waals surface area contributed by atoms with Crippen molar-refractivity contribution in [2.24, 2.45) is 5.73 Å². The van der Waals surface area contributed by atoms with Crippen LogP contribution in [0.5, 0.6) is 0 Å². The van der Waals surface area contributed by atoms with Crippen LogP contribution in [-0.2, 0) is 6.42 Å². The van der Waals surface area contributed by atoms with Crippen molar-refractivity contribution in [2.45, 2.75) is 12.8 Å². The summed E-state index contributed by atoms with van der Waals surface area (Å²) in [4.78, 5) is 8.94. The van der Waals surface area contributed by atoms with E-state index in [1.54, 1.807) is 0 Å². The van der Waals surface area contributed by atoms with Crippen LogP contribution < -0.4 is 5.73 Å². The van der Waals surface area contributed by atoms with Crippen LogP contribution in [0.15, 0.2) is 39.3 Å². The summed E-state index contributed by atoms with van der Waals surface area (Å²) in [6.45, 7) is 0.607. The number of hydrogen-bond acceptors (Lipinski definition) is 5. The molecule has 20 heavy (non-hydrogen) atoms. The Labute approximate surface area is 124 Å². The van der Waals surface area contributed by atoms with Crippen LogP contribution in [0.4, 0.5) is 0 Å². The summed E-state index contributed by atoms with van der Waals surface area (Å²) in [6, 6.07) is 9.92. The number of fused-ring (bicyclic) bond motifs is 1. The lowest BCUT2D eigenvalue weighted by atomic mass is 10.2. The van der Waals surface area contributed by atoms with E-state index in [4.69, 9.17) is 10.3 Å². The predicted molar refractivity (Wildman–Crippen MR) is 80.1 cm³/mol. The van der Waals surface area contributed by atoms with Crippen molar-refractivity contribution in [3.05, 3.63) is 40.7 Å². The fraction of sp³-hybridized carbons (Fsp3) is 0.214. The molecule has 2 heterocycles. The zero-order valence-corrected chi connectivity index (χ0v) is 12.3. The first-order chi connectivity index (χ1) is 9.78. The number of aromatic nitrogens is 3. The molecule has 3 rings (SSSR count). The molecular formula is C14H13BrN4O. The van der Waals surface area contributed by atoms with Crippen LogP contribution in [0.1, 0.15) is 12.3 Å². The van der Waals surface area contributed by atoms with Gasteiger partial charge in [-0.1, -0.05) is 23.4 Å². The van der Waals surface area contributed by atoms with E-state index in [0.717, 1.165) is 21.8 Å². The Morgan fingerprint density at radius 3 is 2.90 bits per heavy atom. The van der Waals surface area contributed by atoms with Gasteiger partial charge in [-0.25, -0.2) is 4.98 Å². The van der Waals surface area contributed by atoms with Crippen molar-refractivity contribution in [3.63, 3.8) is 0 Å². The van der Waals surface area contributed by atoms with Gasteiger partial charge in [-0.05, 0) is 41.0 Å². The zero-order chi connectivity index (χ0) is 13.9. The van der Waals surface area contributed by atoms with Gasteiger partial charge >= 0.3 is 0 Å². The molecule has 0 saturated heterocycles. The minimum atomic E-state index is 0.495. The fourth-order valence-corrected chi connectivity index (χ4v) is 2.47. The second-order valence-electron chi connectivity index (χ2n) is 4.42. The molecule has 1 aromatic carbocycles. The molecule has 0 unspecified atom stereocenters. The number of nitrogens with zero attached hydrogens (tertiary/aromatic N) is 3. The van der Waals surface area contributed by atoms with Crippen LogP contribution in [0, 0.1) is 0 Å². The number of hydrogen-bond donors (Lipinski definition) is 1. The van der Waals surface area contributed by atoms with E-state index in [9.17, 15) is 0 Å². The highest BCUT2D eigenvalue weighted by Gasteiger charge is 2.14. The molecule has 0 fully saturated rings. The van der Waals surface area contributed by atoms with Gasteiger partial charge in [0.15, 0.2) is 0 Å². The van der Waals surface area contributed by atoms with Gasteiger partial charge < -0.3 is 10.3 Å². The third kappa shape index (κ3) is 2.57. The molecule has 0 spiro atoms. The van der Waals surface area contributed by atoms with E-state index in [1.807, 2.05) is 30.3 Å². The maximum Gasteiger partial charge on any atom is 0.227 e. The van der Waals surface area contributed by atoms with Crippen LogP contribution in [0.25, 0.3) is 22.4 Å². The molecule has 0 aliphatic rings. The molecule has 3 aromatic rings. The van der Waals surface area contributed by atoms with Crippen molar-refractivity contribution < 1.29 is 4.52 Å². The first kappa shape index (κ1) is 13.2. The average molecular weight is 333 g/mol. The summed E-state index contributed by atoms with van der Waals surface area (Å²) < 4.78 is 6.06. The Morgan fingerprint density at radius 1 is 1.20 bits per heavy atom. The van der Waals surface area contributed by atoms with Gasteiger partial charge in [0.2, 0.25) is 11.7 Å². The normalized spacial score (nSPS) is 11.1. The number of nitrogens with two attached hydrogens (primary N) is 1. The van der Waals surface area contributed by atoms with E-state index < -0.39 is 0 Å². The van der Waals surface area contributed by atoms with Crippen LogP contribution >= 0.6 is 15.9 Å². The molecular weight excluding hydrogens is 320 g/mol. The van der Waals surface area contributed by atoms with Gasteiger partial charge in [-0.3, -0.25) is 0 Å². The molecule has 2 N–H and O–H groups in total. The standard InChI is InChI=1S/C14H13BrN4O/c15-10-8-9-4-1-2-5-11(9)17-13(10)14-18-12(20-19-14)6-3-7-16/h1-2,4-5,8H,3,6-7,16H2. The quantitative estimate of drug-likeness (QED) is 0.794. The number of halogens is 1.